The van der Waals surface area contributed by atoms with E-state index in [0.29, 0.717) is 5.95 Å². The van der Waals surface area contributed by atoms with Gasteiger partial charge in [0.2, 0.25) is 11.9 Å². The minimum Gasteiger partial charge on any atom is -0.326 e. The van der Waals surface area contributed by atoms with Gasteiger partial charge in [-0.15, -0.1) is 0 Å². The molecule has 5 rings (SSSR count). The van der Waals surface area contributed by atoms with Gasteiger partial charge < -0.3 is 5.32 Å². The first-order chi connectivity index (χ1) is 13.7. The lowest BCUT2D eigenvalue weighted by Crippen LogP contribution is -2.38. The van der Waals surface area contributed by atoms with E-state index >= 15 is 0 Å². The number of benzene rings is 2. The van der Waals surface area contributed by atoms with Gasteiger partial charge in [0, 0.05) is 11.7 Å². The molecule has 6 nitrogen and oxygen atoms in total. The van der Waals surface area contributed by atoms with Crippen LogP contribution in [0.3, 0.4) is 0 Å². The third kappa shape index (κ3) is 2.76. The minimum absolute atomic E-state index is 0.0108. The lowest BCUT2D eigenvalue weighted by atomic mass is 10.1. The average Bonchev–Trinajstić information content (AvgIpc) is 3.40. The number of imidazole rings is 1. The number of carbonyl (C=O) groups is 2. The van der Waals surface area contributed by atoms with Crippen LogP contribution in [0, 0.1) is 0 Å². The van der Waals surface area contributed by atoms with Gasteiger partial charge in [-0.1, -0.05) is 43.2 Å². The first kappa shape index (κ1) is 17.0. The summed E-state index contributed by atoms with van der Waals surface area (Å²) in [7, 11) is 0. The zero-order chi connectivity index (χ0) is 19.1. The van der Waals surface area contributed by atoms with Crippen LogP contribution in [0.2, 0.25) is 0 Å². The van der Waals surface area contributed by atoms with E-state index in [1.54, 1.807) is 0 Å². The van der Waals surface area contributed by atoms with Gasteiger partial charge in [-0.2, -0.15) is 0 Å². The molecule has 0 saturated heterocycles. The largest absolute Gasteiger partial charge is 0.326 e. The van der Waals surface area contributed by atoms with E-state index in [2.05, 4.69) is 5.32 Å². The molecule has 2 amide bonds. The maximum atomic E-state index is 13.3. The quantitative estimate of drug-likeness (QED) is 0.753. The van der Waals surface area contributed by atoms with Crippen molar-refractivity contribution in [2.24, 2.45) is 0 Å². The molecule has 1 aliphatic heterocycles. The van der Waals surface area contributed by atoms with E-state index in [-0.39, 0.29) is 24.3 Å². The summed E-state index contributed by atoms with van der Waals surface area (Å²) < 4.78 is 1.96. The Morgan fingerprint density at radius 2 is 1.75 bits per heavy atom. The Morgan fingerprint density at radius 1 is 1.04 bits per heavy atom. The number of amides is 2. The van der Waals surface area contributed by atoms with Crippen molar-refractivity contribution in [2.75, 3.05) is 10.2 Å². The van der Waals surface area contributed by atoms with Crippen LogP contribution in [0.5, 0.6) is 0 Å². The molecule has 1 atom stereocenters. The SMILES string of the molecule is O=C(C[C@H]1C(=O)N(C2CCCC2)c2nc3ccccc3n21)Nc1ccccc1. The van der Waals surface area contributed by atoms with E-state index in [9.17, 15) is 9.59 Å². The van der Waals surface area contributed by atoms with Gasteiger partial charge in [0.15, 0.2) is 0 Å². The van der Waals surface area contributed by atoms with Gasteiger partial charge in [-0.05, 0) is 37.1 Å². The number of nitrogens with one attached hydrogen (secondary N) is 1. The highest BCUT2D eigenvalue weighted by atomic mass is 16.2. The predicted molar refractivity (Wildman–Crippen MR) is 108 cm³/mol. The molecule has 3 aromatic rings. The van der Waals surface area contributed by atoms with Crippen molar-refractivity contribution in [2.45, 2.75) is 44.2 Å². The second kappa shape index (κ2) is 6.78. The van der Waals surface area contributed by atoms with Crippen molar-refractivity contribution in [3.63, 3.8) is 0 Å². The molecule has 1 aliphatic carbocycles. The Hall–Kier alpha value is -3.15. The fourth-order valence-corrected chi connectivity index (χ4v) is 4.47. The number of hydrogen-bond donors (Lipinski definition) is 1. The van der Waals surface area contributed by atoms with Crippen LogP contribution in [-0.2, 0) is 9.59 Å². The maximum absolute atomic E-state index is 13.3. The fraction of sp³-hybridized carbons (Fsp3) is 0.318. The molecular weight excluding hydrogens is 352 g/mol. The number of fused-ring (bicyclic) bond motifs is 3. The summed E-state index contributed by atoms with van der Waals surface area (Å²) in [6.45, 7) is 0. The van der Waals surface area contributed by atoms with Gasteiger partial charge >= 0.3 is 0 Å². The van der Waals surface area contributed by atoms with Crippen LogP contribution >= 0.6 is 0 Å². The molecule has 0 unspecified atom stereocenters. The number of para-hydroxylation sites is 3. The summed E-state index contributed by atoms with van der Waals surface area (Å²) in [5, 5.41) is 2.90. The monoisotopic (exact) mass is 374 g/mol. The van der Waals surface area contributed by atoms with E-state index < -0.39 is 6.04 Å². The first-order valence-corrected chi connectivity index (χ1v) is 9.87. The molecule has 0 radical (unpaired) electrons. The normalized spacial score (nSPS) is 19.4. The molecule has 0 bridgehead atoms. The standard InChI is InChI=1S/C22H22N4O2/c27-20(23-15-8-2-1-3-9-15)14-19-21(28)25(16-10-4-5-11-16)22-24-17-12-6-7-13-18(17)26(19)22/h1-3,6-9,12-13,16,19H,4-5,10-11,14H2,(H,23,27)/t19-/m0/s1. The molecule has 2 aromatic carbocycles. The van der Waals surface area contributed by atoms with E-state index in [1.807, 2.05) is 64.1 Å². The molecule has 142 valence electrons. The number of hydrogen-bond acceptors (Lipinski definition) is 3. The topological polar surface area (TPSA) is 67.2 Å². The number of aromatic nitrogens is 2. The average molecular weight is 374 g/mol. The Labute approximate surface area is 163 Å². The highest BCUT2D eigenvalue weighted by Crippen LogP contribution is 2.40. The Kier molecular flexibility index (Phi) is 4.11. The van der Waals surface area contributed by atoms with Gasteiger partial charge in [-0.25, -0.2) is 4.98 Å². The zero-order valence-corrected chi connectivity index (χ0v) is 15.5. The molecule has 0 spiro atoms. The lowest BCUT2D eigenvalue weighted by Gasteiger charge is -2.22. The first-order valence-electron chi connectivity index (χ1n) is 9.87. The summed E-state index contributed by atoms with van der Waals surface area (Å²) >= 11 is 0. The predicted octanol–water partition coefficient (Wildman–Crippen LogP) is 3.90. The van der Waals surface area contributed by atoms with Crippen molar-refractivity contribution in [3.8, 4) is 0 Å². The van der Waals surface area contributed by atoms with E-state index in [4.69, 9.17) is 4.98 Å². The summed E-state index contributed by atoms with van der Waals surface area (Å²) in [6.07, 6.45) is 4.36. The summed E-state index contributed by atoms with van der Waals surface area (Å²) in [5.74, 6) is 0.514. The molecule has 2 aliphatic rings. The lowest BCUT2D eigenvalue weighted by molar-refractivity contribution is -0.125. The number of nitrogens with zero attached hydrogens (tertiary/aromatic N) is 3. The Bertz CT molecular complexity index is 1040. The number of anilines is 2. The Balaban J connectivity index is 1.49. The van der Waals surface area contributed by atoms with Crippen molar-refractivity contribution in [1.82, 2.24) is 9.55 Å². The number of carbonyl (C=O) groups excluding carboxylic acids is 2. The van der Waals surface area contributed by atoms with Gasteiger partial charge in [0.25, 0.3) is 5.91 Å². The van der Waals surface area contributed by atoms with Gasteiger partial charge in [-0.3, -0.25) is 19.1 Å². The maximum Gasteiger partial charge on any atom is 0.253 e. The second-order valence-corrected chi connectivity index (χ2v) is 7.55. The second-order valence-electron chi connectivity index (χ2n) is 7.55. The van der Waals surface area contributed by atoms with Crippen LogP contribution < -0.4 is 10.2 Å². The molecule has 2 heterocycles. The van der Waals surface area contributed by atoms with Crippen molar-refractivity contribution in [1.29, 1.82) is 0 Å². The smallest absolute Gasteiger partial charge is 0.253 e. The molecule has 6 heteroatoms. The van der Waals surface area contributed by atoms with Crippen molar-refractivity contribution in [3.05, 3.63) is 54.6 Å². The van der Waals surface area contributed by atoms with Crippen LogP contribution in [0.25, 0.3) is 11.0 Å². The summed E-state index contributed by atoms with van der Waals surface area (Å²) in [5.41, 5.74) is 2.51. The highest BCUT2D eigenvalue weighted by Gasteiger charge is 2.44. The summed E-state index contributed by atoms with van der Waals surface area (Å²) in [4.78, 5) is 32.6. The van der Waals surface area contributed by atoms with Crippen LogP contribution in [-0.4, -0.2) is 27.4 Å². The van der Waals surface area contributed by atoms with Gasteiger partial charge in [0.05, 0.1) is 17.5 Å². The molecule has 1 saturated carbocycles. The van der Waals surface area contributed by atoms with Crippen LogP contribution in [0.1, 0.15) is 38.1 Å². The molecule has 1 aromatic heterocycles. The molecule has 28 heavy (non-hydrogen) atoms. The van der Waals surface area contributed by atoms with Crippen LogP contribution in [0.15, 0.2) is 54.6 Å². The third-order valence-corrected chi connectivity index (χ3v) is 5.75. The van der Waals surface area contributed by atoms with Crippen LogP contribution in [0.4, 0.5) is 11.6 Å². The van der Waals surface area contributed by atoms with E-state index in [1.165, 1.54) is 0 Å². The third-order valence-electron chi connectivity index (χ3n) is 5.75. The minimum atomic E-state index is -0.549. The fourth-order valence-electron chi connectivity index (χ4n) is 4.47. The molecular formula is C22H22N4O2. The highest BCUT2D eigenvalue weighted by molar-refractivity contribution is 6.05. The van der Waals surface area contributed by atoms with Crippen molar-refractivity contribution >= 4 is 34.5 Å². The van der Waals surface area contributed by atoms with E-state index in [0.717, 1.165) is 42.4 Å². The van der Waals surface area contributed by atoms with Gasteiger partial charge in [0.1, 0.15) is 6.04 Å². The zero-order valence-electron chi connectivity index (χ0n) is 15.5. The molecule has 1 fully saturated rings. The number of rotatable bonds is 4. The van der Waals surface area contributed by atoms with Crippen molar-refractivity contribution < 1.29 is 9.59 Å². The molecule has 1 N–H and O–H groups in total. The Morgan fingerprint density at radius 3 is 2.54 bits per heavy atom. The summed E-state index contributed by atoms with van der Waals surface area (Å²) in [6, 6.07) is 16.8.